The number of nitrogens with one attached hydrogen (secondary N) is 1. The molecule has 0 spiro atoms. The minimum Gasteiger partial charge on any atom is -0.392 e. The lowest BCUT2D eigenvalue weighted by atomic mass is 9.64. The average Bonchev–Trinajstić information content (AvgIpc) is 3.34. The first-order valence-corrected chi connectivity index (χ1v) is 13.8. The number of anilines is 1. The Hall–Kier alpha value is -3.05. The number of rotatable bonds is 6. The van der Waals surface area contributed by atoms with E-state index in [9.17, 15) is 28.2 Å². The van der Waals surface area contributed by atoms with Gasteiger partial charge in [0, 0.05) is 33.7 Å². The van der Waals surface area contributed by atoms with Gasteiger partial charge in [-0.25, -0.2) is 4.68 Å². The molecule has 220 valence electrons. The summed E-state index contributed by atoms with van der Waals surface area (Å²) < 4.78 is 49.2. The number of alkyl halides is 3. The molecular weight excluding hydrogens is 559 g/mol. The van der Waals surface area contributed by atoms with Crippen LogP contribution in [0.4, 0.5) is 18.9 Å². The summed E-state index contributed by atoms with van der Waals surface area (Å²) in [7, 11) is 0. The lowest BCUT2D eigenvalue weighted by Crippen LogP contribution is -2.55. The highest BCUT2D eigenvalue weighted by atomic mass is 35.5. The maximum atomic E-state index is 14.1. The predicted octanol–water partition coefficient (Wildman–Crippen LogP) is 5.73. The molecule has 41 heavy (non-hydrogen) atoms. The molecule has 5 rings (SSSR count). The number of fused-ring (bicyclic) bond motifs is 1. The number of hydrogen-bond donors (Lipinski definition) is 3. The van der Waals surface area contributed by atoms with Crippen molar-refractivity contribution in [1.82, 2.24) is 9.78 Å². The summed E-state index contributed by atoms with van der Waals surface area (Å²) in [5, 5.41) is 25.2. The van der Waals surface area contributed by atoms with Gasteiger partial charge in [0.05, 0.1) is 29.6 Å². The molecule has 2 aromatic carbocycles. The van der Waals surface area contributed by atoms with Gasteiger partial charge in [0.2, 0.25) is 0 Å². The van der Waals surface area contributed by atoms with Crippen LogP contribution in [0.1, 0.15) is 57.4 Å². The first-order valence-electron chi connectivity index (χ1n) is 13.4. The Balaban J connectivity index is 1.56. The normalized spacial score (nSPS) is 25.5. The largest absolute Gasteiger partial charge is 0.433 e. The second-order valence-electron chi connectivity index (χ2n) is 11.5. The van der Waals surface area contributed by atoms with Gasteiger partial charge < -0.3 is 19.8 Å². The van der Waals surface area contributed by atoms with Gasteiger partial charge in [0.15, 0.2) is 0 Å². The third-order valence-corrected chi connectivity index (χ3v) is 8.29. The molecule has 11 heteroatoms. The third kappa shape index (κ3) is 4.90. The van der Waals surface area contributed by atoms with Crippen molar-refractivity contribution < 1.29 is 28.1 Å². The quantitative estimate of drug-likeness (QED) is 0.341. The van der Waals surface area contributed by atoms with Crippen LogP contribution in [-0.4, -0.2) is 44.5 Å². The first-order chi connectivity index (χ1) is 19.1. The van der Waals surface area contributed by atoms with Crippen molar-refractivity contribution in [1.29, 1.82) is 0 Å². The summed E-state index contributed by atoms with van der Waals surface area (Å²) in [6, 6.07) is 13.3. The maximum absolute atomic E-state index is 14.1. The van der Waals surface area contributed by atoms with E-state index in [2.05, 4.69) is 5.10 Å². The van der Waals surface area contributed by atoms with Gasteiger partial charge in [-0.15, -0.1) is 0 Å². The average molecular weight is 592 g/mol. The molecule has 1 fully saturated rings. The number of ether oxygens (including phenoxy) is 1. The van der Waals surface area contributed by atoms with Crippen molar-refractivity contribution in [2.45, 2.75) is 76.7 Å². The molecule has 2 aliphatic rings. The fraction of sp³-hybridized carbons (Fsp3) is 0.433. The van der Waals surface area contributed by atoms with E-state index in [4.69, 9.17) is 16.3 Å². The van der Waals surface area contributed by atoms with E-state index < -0.39 is 58.7 Å². The lowest BCUT2D eigenvalue weighted by molar-refractivity contribution is -0.145. The number of aromatic nitrogens is 2. The van der Waals surface area contributed by atoms with Gasteiger partial charge in [0.1, 0.15) is 11.9 Å². The molecule has 7 nitrogen and oxygen atoms in total. The standard InChI is InChI=1S/C30H33ClF3N3O4/c1-15(2)41-16(3)36-21-12-11-17(31)13-20(21)29(4,5)22(36)14-19-25(38)23(26(19)39)24-27(30(32,33)34)35-37(28(24)40)18-9-7-6-8-10-18/h6-16,19,23,25-26,35,38-39H,1-5H3/b22-14+. The van der Waals surface area contributed by atoms with Crippen LogP contribution in [0.15, 0.2) is 65.1 Å². The smallest absolute Gasteiger partial charge is 0.392 e. The number of para-hydroxylation sites is 1. The number of halogens is 4. The first kappa shape index (κ1) is 29.4. The summed E-state index contributed by atoms with van der Waals surface area (Å²) in [4.78, 5) is 15.3. The Morgan fingerprint density at radius 3 is 2.29 bits per heavy atom. The summed E-state index contributed by atoms with van der Waals surface area (Å²) in [5.74, 6) is -2.38. The van der Waals surface area contributed by atoms with Crippen molar-refractivity contribution in [3.8, 4) is 5.69 Å². The second-order valence-corrected chi connectivity index (χ2v) is 11.9. The monoisotopic (exact) mass is 591 g/mol. The lowest BCUT2D eigenvalue weighted by Gasteiger charge is -2.46. The molecule has 3 N–H and O–H groups in total. The number of nitrogens with zero attached hydrogens (tertiary/aromatic N) is 2. The van der Waals surface area contributed by atoms with Crippen molar-refractivity contribution in [3.63, 3.8) is 0 Å². The number of aromatic amines is 1. The highest BCUT2D eigenvalue weighted by molar-refractivity contribution is 6.30. The summed E-state index contributed by atoms with van der Waals surface area (Å²) in [6.45, 7) is 9.64. The topological polar surface area (TPSA) is 90.7 Å². The number of aliphatic hydroxyl groups excluding tert-OH is 2. The van der Waals surface area contributed by atoms with E-state index in [0.717, 1.165) is 15.9 Å². The van der Waals surface area contributed by atoms with Crippen LogP contribution < -0.4 is 10.5 Å². The maximum Gasteiger partial charge on any atom is 0.433 e. The van der Waals surface area contributed by atoms with Crippen LogP contribution in [0.3, 0.4) is 0 Å². The fourth-order valence-corrected chi connectivity index (χ4v) is 6.29. The molecule has 3 aromatic rings. The van der Waals surface area contributed by atoms with E-state index in [-0.39, 0.29) is 11.8 Å². The molecular formula is C30H33ClF3N3O4. The Morgan fingerprint density at radius 2 is 1.71 bits per heavy atom. The highest BCUT2D eigenvalue weighted by Gasteiger charge is 2.55. The fourth-order valence-electron chi connectivity index (χ4n) is 6.12. The van der Waals surface area contributed by atoms with Gasteiger partial charge in [0.25, 0.3) is 5.56 Å². The van der Waals surface area contributed by atoms with Gasteiger partial charge in [-0.3, -0.25) is 9.89 Å². The SMILES string of the molecule is CC(C)OC(C)N1/C(=C/C2C(O)C(c3c(C(F)(F)F)[nH]n(-c4ccccc4)c3=O)C2O)C(C)(C)c2cc(Cl)ccc21. The van der Waals surface area contributed by atoms with E-state index in [0.29, 0.717) is 10.7 Å². The van der Waals surface area contributed by atoms with E-state index in [1.165, 1.54) is 12.1 Å². The van der Waals surface area contributed by atoms with Crippen LogP contribution in [0.25, 0.3) is 5.69 Å². The van der Waals surface area contributed by atoms with Crippen LogP contribution in [0, 0.1) is 5.92 Å². The van der Waals surface area contributed by atoms with Gasteiger partial charge in [-0.1, -0.05) is 49.7 Å². The van der Waals surface area contributed by atoms with Crippen molar-refractivity contribution in [2.24, 2.45) is 5.92 Å². The zero-order valence-electron chi connectivity index (χ0n) is 23.3. The number of allylic oxidation sites excluding steroid dienone is 1. The number of hydrogen-bond acceptors (Lipinski definition) is 5. The van der Waals surface area contributed by atoms with Gasteiger partial charge in [-0.2, -0.15) is 13.2 Å². The summed E-state index contributed by atoms with van der Waals surface area (Å²) >= 11 is 6.32. The molecule has 1 aliphatic carbocycles. The zero-order chi connectivity index (χ0) is 30.0. The molecule has 0 amide bonds. The molecule has 2 heterocycles. The minimum atomic E-state index is -4.91. The van der Waals surface area contributed by atoms with Gasteiger partial charge in [-0.05, 0) is 56.7 Å². The van der Waals surface area contributed by atoms with E-state index in [1.54, 1.807) is 30.3 Å². The Labute approximate surface area is 240 Å². The van der Waals surface area contributed by atoms with Gasteiger partial charge >= 0.3 is 6.18 Å². The molecule has 0 radical (unpaired) electrons. The van der Waals surface area contributed by atoms with Crippen LogP contribution in [0.2, 0.25) is 5.02 Å². The second kappa shape index (κ2) is 10.3. The van der Waals surface area contributed by atoms with E-state index >= 15 is 0 Å². The molecule has 0 saturated heterocycles. The minimum absolute atomic E-state index is 0.101. The number of benzene rings is 2. The predicted molar refractivity (Wildman–Crippen MR) is 150 cm³/mol. The number of H-pyrrole nitrogens is 1. The van der Waals surface area contributed by atoms with Crippen molar-refractivity contribution in [2.75, 3.05) is 4.90 Å². The Morgan fingerprint density at radius 1 is 1.07 bits per heavy atom. The third-order valence-electron chi connectivity index (χ3n) is 8.06. The highest BCUT2D eigenvalue weighted by Crippen LogP contribution is 2.53. The summed E-state index contributed by atoms with van der Waals surface area (Å²) in [6.07, 6.45) is -6.65. The molecule has 1 aliphatic heterocycles. The van der Waals surface area contributed by atoms with Crippen molar-refractivity contribution in [3.05, 3.63) is 92.5 Å². The van der Waals surface area contributed by atoms with Crippen LogP contribution in [0.5, 0.6) is 0 Å². The van der Waals surface area contributed by atoms with Crippen LogP contribution in [-0.2, 0) is 16.3 Å². The number of aliphatic hydroxyl groups is 2. The summed E-state index contributed by atoms with van der Waals surface area (Å²) in [5.41, 5.74) is -0.923. The Kier molecular flexibility index (Phi) is 7.43. The van der Waals surface area contributed by atoms with Crippen LogP contribution >= 0.6 is 11.6 Å². The molecule has 1 aromatic heterocycles. The zero-order valence-corrected chi connectivity index (χ0v) is 24.0. The molecule has 1 saturated carbocycles. The molecule has 3 atom stereocenters. The van der Waals surface area contributed by atoms with E-state index in [1.807, 2.05) is 51.7 Å². The van der Waals surface area contributed by atoms with Crippen molar-refractivity contribution >= 4 is 17.3 Å². The molecule has 0 bridgehead atoms. The Bertz CT molecular complexity index is 1520. The molecule has 3 unspecified atom stereocenters.